The second kappa shape index (κ2) is 6.79. The van der Waals surface area contributed by atoms with Crippen LogP contribution in [0.5, 0.6) is 11.5 Å². The predicted octanol–water partition coefficient (Wildman–Crippen LogP) is 1.46. The van der Waals surface area contributed by atoms with Crippen molar-refractivity contribution in [2.45, 2.75) is 26.7 Å². The smallest absolute Gasteiger partial charge is 0.257 e. The van der Waals surface area contributed by atoms with Gasteiger partial charge in [-0.1, -0.05) is 13.8 Å². The first-order valence-corrected chi connectivity index (χ1v) is 6.58. The maximum Gasteiger partial charge on any atom is 0.257 e. The summed E-state index contributed by atoms with van der Waals surface area (Å²) in [5.41, 5.74) is 4.82. The van der Waals surface area contributed by atoms with Crippen LogP contribution in [0.4, 0.5) is 0 Å². The number of carbonyl (C=O) groups is 2. The molecule has 0 aliphatic heterocycles. The third kappa shape index (κ3) is 3.20. The van der Waals surface area contributed by atoms with E-state index in [1.54, 1.807) is 4.90 Å². The van der Waals surface area contributed by atoms with Crippen molar-refractivity contribution in [1.29, 1.82) is 0 Å². The number of phenolic OH excluding ortho intramolecular Hbond substituents is 1. The van der Waals surface area contributed by atoms with Crippen LogP contribution >= 0.6 is 0 Å². The summed E-state index contributed by atoms with van der Waals surface area (Å²) < 4.78 is 0. The van der Waals surface area contributed by atoms with Gasteiger partial charge < -0.3 is 20.8 Å². The summed E-state index contributed by atoms with van der Waals surface area (Å²) >= 11 is 0. The van der Waals surface area contributed by atoms with Gasteiger partial charge in [-0.25, -0.2) is 0 Å². The predicted molar refractivity (Wildman–Crippen MR) is 74.8 cm³/mol. The van der Waals surface area contributed by atoms with E-state index in [4.69, 9.17) is 5.73 Å². The zero-order valence-corrected chi connectivity index (χ0v) is 11.7. The van der Waals surface area contributed by atoms with Gasteiger partial charge >= 0.3 is 0 Å². The highest BCUT2D eigenvalue weighted by Gasteiger charge is 2.22. The van der Waals surface area contributed by atoms with E-state index in [9.17, 15) is 19.8 Å². The molecule has 0 saturated carbocycles. The quantitative estimate of drug-likeness (QED) is 0.686. The Hall–Kier alpha value is -2.24. The summed E-state index contributed by atoms with van der Waals surface area (Å²) in [6.07, 6.45) is 1.58. The topological polar surface area (TPSA) is 104 Å². The number of benzene rings is 1. The Balaban J connectivity index is 3.16. The number of carbonyl (C=O) groups excluding carboxylic acids is 2. The van der Waals surface area contributed by atoms with E-state index in [1.165, 1.54) is 12.1 Å². The summed E-state index contributed by atoms with van der Waals surface area (Å²) in [4.78, 5) is 25.0. The molecule has 2 amide bonds. The molecule has 1 aromatic rings. The Morgan fingerprint density at radius 3 is 1.95 bits per heavy atom. The minimum Gasteiger partial charge on any atom is -0.504 e. The normalized spacial score (nSPS) is 10.3. The van der Waals surface area contributed by atoms with E-state index in [2.05, 4.69) is 0 Å². The largest absolute Gasteiger partial charge is 0.504 e. The molecule has 0 fully saturated rings. The number of hydrogen-bond donors (Lipinski definition) is 3. The monoisotopic (exact) mass is 280 g/mol. The van der Waals surface area contributed by atoms with Crippen molar-refractivity contribution in [1.82, 2.24) is 4.90 Å². The summed E-state index contributed by atoms with van der Waals surface area (Å²) in [6, 6.07) is 2.54. The van der Waals surface area contributed by atoms with Crippen LogP contribution < -0.4 is 5.73 Å². The first-order valence-electron chi connectivity index (χ1n) is 6.58. The number of primary amides is 1. The van der Waals surface area contributed by atoms with Crippen molar-refractivity contribution in [2.24, 2.45) is 5.73 Å². The lowest BCUT2D eigenvalue weighted by molar-refractivity contribution is 0.0751. The fraction of sp³-hybridized carbons (Fsp3) is 0.429. The molecule has 0 atom stereocenters. The van der Waals surface area contributed by atoms with Crippen molar-refractivity contribution < 1.29 is 19.8 Å². The molecule has 0 bridgehead atoms. The van der Waals surface area contributed by atoms with Crippen LogP contribution in [-0.2, 0) is 0 Å². The van der Waals surface area contributed by atoms with Crippen LogP contribution in [0, 0.1) is 0 Å². The van der Waals surface area contributed by atoms with Gasteiger partial charge in [0.25, 0.3) is 11.8 Å². The SMILES string of the molecule is CCCN(CCC)C(=O)c1ccc(C(N)=O)c(O)c1O. The Morgan fingerprint density at radius 2 is 1.50 bits per heavy atom. The highest BCUT2D eigenvalue weighted by Crippen LogP contribution is 2.33. The second-order valence-corrected chi connectivity index (χ2v) is 4.51. The average molecular weight is 280 g/mol. The van der Waals surface area contributed by atoms with Crippen LogP contribution in [0.25, 0.3) is 0 Å². The third-order valence-electron chi connectivity index (χ3n) is 2.92. The van der Waals surface area contributed by atoms with E-state index in [-0.39, 0.29) is 17.0 Å². The van der Waals surface area contributed by atoms with Crippen LogP contribution in [0.2, 0.25) is 0 Å². The van der Waals surface area contributed by atoms with E-state index in [1.807, 2.05) is 13.8 Å². The first-order chi connectivity index (χ1) is 9.43. The minimum absolute atomic E-state index is 0.0330. The number of hydrogen-bond acceptors (Lipinski definition) is 4. The zero-order valence-electron chi connectivity index (χ0n) is 11.7. The molecule has 0 unspecified atom stereocenters. The number of nitrogens with zero attached hydrogens (tertiary/aromatic N) is 1. The Bertz CT molecular complexity index is 508. The van der Waals surface area contributed by atoms with Crippen LogP contribution in [0.1, 0.15) is 47.4 Å². The molecule has 1 aromatic carbocycles. The van der Waals surface area contributed by atoms with Gasteiger partial charge in [-0.15, -0.1) is 0 Å². The van der Waals surface area contributed by atoms with Crippen LogP contribution in [-0.4, -0.2) is 40.0 Å². The van der Waals surface area contributed by atoms with E-state index in [0.29, 0.717) is 13.1 Å². The van der Waals surface area contributed by atoms with Gasteiger partial charge in [-0.05, 0) is 25.0 Å². The van der Waals surface area contributed by atoms with Crippen molar-refractivity contribution >= 4 is 11.8 Å². The second-order valence-electron chi connectivity index (χ2n) is 4.51. The molecular weight excluding hydrogens is 260 g/mol. The molecule has 0 radical (unpaired) electrons. The fourth-order valence-electron chi connectivity index (χ4n) is 1.98. The molecule has 1 rings (SSSR count). The highest BCUT2D eigenvalue weighted by atomic mass is 16.3. The number of rotatable bonds is 6. The summed E-state index contributed by atoms with van der Waals surface area (Å²) in [5.74, 6) is -2.51. The summed E-state index contributed by atoms with van der Waals surface area (Å²) in [5, 5.41) is 19.6. The van der Waals surface area contributed by atoms with Gasteiger partial charge in [0.15, 0.2) is 11.5 Å². The summed E-state index contributed by atoms with van der Waals surface area (Å²) in [7, 11) is 0. The first kappa shape index (κ1) is 15.8. The molecule has 0 aliphatic carbocycles. The molecule has 0 aromatic heterocycles. The third-order valence-corrected chi connectivity index (χ3v) is 2.92. The molecule has 110 valence electrons. The van der Waals surface area contributed by atoms with Crippen LogP contribution in [0.15, 0.2) is 12.1 Å². The van der Waals surface area contributed by atoms with Gasteiger partial charge in [-0.3, -0.25) is 9.59 Å². The van der Waals surface area contributed by atoms with Gasteiger partial charge in [0, 0.05) is 13.1 Å². The standard InChI is InChI=1S/C14H20N2O4/c1-3-7-16(8-4-2)14(20)10-6-5-9(13(15)19)11(17)12(10)18/h5-6,17-18H,3-4,7-8H2,1-2H3,(H2,15,19). The molecule has 0 aliphatic rings. The van der Waals surface area contributed by atoms with Gasteiger partial charge in [0.2, 0.25) is 0 Å². The molecule has 0 saturated heterocycles. The van der Waals surface area contributed by atoms with Gasteiger partial charge in [-0.2, -0.15) is 0 Å². The number of aromatic hydroxyl groups is 2. The van der Waals surface area contributed by atoms with Crippen molar-refractivity contribution in [3.63, 3.8) is 0 Å². The molecule has 6 heteroatoms. The molecule has 0 spiro atoms. The summed E-state index contributed by atoms with van der Waals surface area (Å²) in [6.45, 7) is 5.02. The highest BCUT2D eigenvalue weighted by molar-refractivity contribution is 6.02. The maximum absolute atomic E-state index is 12.3. The van der Waals surface area contributed by atoms with E-state index < -0.39 is 17.4 Å². The molecule has 20 heavy (non-hydrogen) atoms. The Morgan fingerprint density at radius 1 is 1.05 bits per heavy atom. The Kier molecular flexibility index (Phi) is 5.37. The molecule has 0 heterocycles. The zero-order chi connectivity index (χ0) is 15.3. The van der Waals surface area contributed by atoms with Gasteiger partial charge in [0.05, 0.1) is 11.1 Å². The van der Waals surface area contributed by atoms with Crippen molar-refractivity contribution in [3.05, 3.63) is 23.3 Å². The lowest BCUT2D eigenvalue weighted by atomic mass is 10.1. The maximum atomic E-state index is 12.3. The molecule has 6 nitrogen and oxygen atoms in total. The number of amides is 2. The van der Waals surface area contributed by atoms with Crippen molar-refractivity contribution in [2.75, 3.05) is 13.1 Å². The lowest BCUT2D eigenvalue weighted by Gasteiger charge is -2.22. The minimum atomic E-state index is -0.865. The number of phenols is 2. The van der Waals surface area contributed by atoms with Gasteiger partial charge in [0.1, 0.15) is 0 Å². The van der Waals surface area contributed by atoms with E-state index >= 15 is 0 Å². The van der Waals surface area contributed by atoms with E-state index in [0.717, 1.165) is 12.8 Å². The van der Waals surface area contributed by atoms with Crippen molar-refractivity contribution in [3.8, 4) is 11.5 Å². The fourth-order valence-corrected chi connectivity index (χ4v) is 1.98. The molecular formula is C14H20N2O4. The Labute approximate surface area is 117 Å². The molecule has 4 N–H and O–H groups in total. The van der Waals surface area contributed by atoms with Crippen LogP contribution in [0.3, 0.4) is 0 Å². The average Bonchev–Trinajstić information content (AvgIpc) is 2.40. The lowest BCUT2D eigenvalue weighted by Crippen LogP contribution is -2.32. The number of nitrogens with two attached hydrogens (primary N) is 1.